The number of carbonyl (C=O) groups excluding carboxylic acids is 2. The topological polar surface area (TPSA) is 49.4 Å². The predicted molar refractivity (Wildman–Crippen MR) is 84.2 cm³/mol. The Hall–Kier alpha value is -1.84. The van der Waals surface area contributed by atoms with Gasteiger partial charge in [-0.05, 0) is 25.0 Å². The van der Waals surface area contributed by atoms with E-state index >= 15 is 0 Å². The van der Waals surface area contributed by atoms with E-state index < -0.39 is 5.41 Å². The Kier molecular flexibility index (Phi) is 4.35. The van der Waals surface area contributed by atoms with Crippen LogP contribution in [0.25, 0.3) is 0 Å². The fraction of sp³-hybridized carbons (Fsp3) is 0.529. The molecule has 1 heterocycles. The summed E-state index contributed by atoms with van der Waals surface area (Å²) in [4.78, 5) is 26.1. The number of nitrogens with zero attached hydrogens (tertiary/aromatic N) is 1. The van der Waals surface area contributed by atoms with Crippen LogP contribution in [-0.2, 0) is 16.0 Å². The molecule has 114 valence electrons. The van der Waals surface area contributed by atoms with Crippen molar-refractivity contribution >= 4 is 17.5 Å². The van der Waals surface area contributed by atoms with Gasteiger partial charge in [0.05, 0.1) is 0 Å². The highest BCUT2D eigenvalue weighted by Crippen LogP contribution is 2.32. The molecule has 0 bridgehead atoms. The van der Waals surface area contributed by atoms with E-state index in [0.29, 0.717) is 13.0 Å². The number of rotatable bonds is 3. The van der Waals surface area contributed by atoms with Crippen molar-refractivity contribution in [3.63, 3.8) is 0 Å². The fourth-order valence-electron chi connectivity index (χ4n) is 2.61. The second-order valence-electron chi connectivity index (χ2n) is 6.70. The molecule has 21 heavy (non-hydrogen) atoms. The monoisotopic (exact) mass is 288 g/mol. The maximum atomic E-state index is 12.4. The molecule has 1 aliphatic rings. The van der Waals surface area contributed by atoms with Crippen LogP contribution in [0.1, 0.15) is 39.7 Å². The Bertz CT molecular complexity index is 546. The van der Waals surface area contributed by atoms with Gasteiger partial charge in [0.15, 0.2) is 0 Å². The first-order chi connectivity index (χ1) is 9.80. The normalized spacial score (nSPS) is 17.5. The molecule has 2 amide bonds. The van der Waals surface area contributed by atoms with Crippen LogP contribution >= 0.6 is 0 Å². The molecule has 2 rings (SSSR count). The first kappa shape index (κ1) is 15.5. The van der Waals surface area contributed by atoms with E-state index in [4.69, 9.17) is 0 Å². The van der Waals surface area contributed by atoms with Crippen LogP contribution in [0.2, 0.25) is 0 Å². The van der Waals surface area contributed by atoms with E-state index in [1.165, 1.54) is 5.56 Å². The van der Waals surface area contributed by atoms with E-state index in [1.54, 1.807) is 0 Å². The van der Waals surface area contributed by atoms with Crippen molar-refractivity contribution < 1.29 is 9.59 Å². The highest BCUT2D eigenvalue weighted by atomic mass is 16.2. The molecule has 4 heteroatoms. The third kappa shape index (κ3) is 3.43. The number of fused-ring (bicyclic) bond motifs is 1. The largest absolute Gasteiger partial charge is 0.355 e. The summed E-state index contributed by atoms with van der Waals surface area (Å²) in [5.74, 6) is 0.0480. The highest BCUT2D eigenvalue weighted by Gasteiger charge is 2.30. The lowest BCUT2D eigenvalue weighted by molar-refractivity contribution is -0.128. The van der Waals surface area contributed by atoms with Crippen LogP contribution in [0.15, 0.2) is 24.3 Å². The van der Waals surface area contributed by atoms with Crippen LogP contribution in [0.5, 0.6) is 0 Å². The van der Waals surface area contributed by atoms with Crippen molar-refractivity contribution in [2.45, 2.75) is 46.6 Å². The predicted octanol–water partition coefficient (Wildman–Crippen LogP) is 2.52. The van der Waals surface area contributed by atoms with Crippen molar-refractivity contribution in [2.75, 3.05) is 11.4 Å². The molecule has 1 unspecified atom stereocenters. The van der Waals surface area contributed by atoms with Crippen molar-refractivity contribution in [1.82, 2.24) is 5.32 Å². The van der Waals surface area contributed by atoms with Crippen LogP contribution in [0.4, 0.5) is 5.69 Å². The minimum atomic E-state index is -0.420. The zero-order valence-electron chi connectivity index (χ0n) is 13.3. The van der Waals surface area contributed by atoms with Crippen LogP contribution < -0.4 is 10.2 Å². The molecule has 0 radical (unpaired) electrons. The molecule has 0 saturated heterocycles. The van der Waals surface area contributed by atoms with Gasteiger partial charge in [-0.15, -0.1) is 0 Å². The molecule has 1 aromatic rings. The molecule has 0 aromatic heterocycles. The fourth-order valence-corrected chi connectivity index (χ4v) is 2.61. The van der Waals surface area contributed by atoms with Crippen LogP contribution in [0.3, 0.4) is 0 Å². The lowest BCUT2D eigenvalue weighted by Gasteiger charge is -2.23. The molecule has 0 saturated carbocycles. The Morgan fingerprint density at radius 2 is 1.95 bits per heavy atom. The van der Waals surface area contributed by atoms with Gasteiger partial charge in [-0.25, -0.2) is 0 Å². The molecule has 0 aliphatic carbocycles. The molecular weight excluding hydrogens is 264 g/mol. The van der Waals surface area contributed by atoms with Gasteiger partial charge in [0, 0.05) is 30.1 Å². The standard InChI is InChI=1S/C17H24N2O2/c1-12-11-13-7-5-6-8-14(13)19(12)15(20)9-10-18-16(21)17(2,3)4/h5-8,12H,9-11H2,1-4H3,(H,18,21). The second kappa shape index (κ2) is 5.88. The summed E-state index contributed by atoms with van der Waals surface area (Å²) in [7, 11) is 0. The van der Waals surface area contributed by atoms with Crippen molar-refractivity contribution in [1.29, 1.82) is 0 Å². The Morgan fingerprint density at radius 1 is 1.29 bits per heavy atom. The van der Waals surface area contributed by atoms with Gasteiger partial charge in [0.25, 0.3) is 0 Å². The smallest absolute Gasteiger partial charge is 0.229 e. The van der Waals surface area contributed by atoms with Gasteiger partial charge >= 0.3 is 0 Å². The van der Waals surface area contributed by atoms with Gasteiger partial charge in [-0.1, -0.05) is 39.0 Å². The van der Waals surface area contributed by atoms with Crippen LogP contribution in [-0.4, -0.2) is 24.4 Å². The zero-order chi connectivity index (χ0) is 15.6. The molecule has 4 nitrogen and oxygen atoms in total. The number of para-hydroxylation sites is 1. The van der Waals surface area contributed by atoms with Gasteiger partial charge in [-0.2, -0.15) is 0 Å². The minimum Gasteiger partial charge on any atom is -0.355 e. The van der Waals surface area contributed by atoms with Gasteiger partial charge in [0.1, 0.15) is 0 Å². The second-order valence-corrected chi connectivity index (χ2v) is 6.70. The number of amides is 2. The lowest BCUT2D eigenvalue weighted by Crippen LogP contribution is -2.40. The average molecular weight is 288 g/mol. The first-order valence-electron chi connectivity index (χ1n) is 7.49. The van der Waals surface area contributed by atoms with E-state index in [-0.39, 0.29) is 17.9 Å². The third-order valence-corrected chi connectivity index (χ3v) is 3.78. The number of benzene rings is 1. The minimum absolute atomic E-state index is 0.0230. The number of carbonyl (C=O) groups is 2. The summed E-state index contributed by atoms with van der Waals surface area (Å²) < 4.78 is 0. The van der Waals surface area contributed by atoms with E-state index in [2.05, 4.69) is 18.3 Å². The molecule has 1 aromatic carbocycles. The summed E-state index contributed by atoms with van der Waals surface area (Å²) in [5, 5.41) is 2.83. The molecule has 1 aliphatic heterocycles. The lowest BCUT2D eigenvalue weighted by atomic mass is 9.96. The molecule has 1 N–H and O–H groups in total. The number of hydrogen-bond donors (Lipinski definition) is 1. The Morgan fingerprint density at radius 3 is 2.62 bits per heavy atom. The molecular formula is C17H24N2O2. The average Bonchev–Trinajstić information content (AvgIpc) is 2.73. The summed E-state index contributed by atoms with van der Waals surface area (Å²) >= 11 is 0. The Balaban J connectivity index is 1.94. The summed E-state index contributed by atoms with van der Waals surface area (Å²) in [6.07, 6.45) is 1.23. The van der Waals surface area contributed by atoms with Crippen molar-refractivity contribution in [3.05, 3.63) is 29.8 Å². The summed E-state index contributed by atoms with van der Waals surface area (Å²) in [6, 6.07) is 8.21. The summed E-state index contributed by atoms with van der Waals surface area (Å²) in [5.41, 5.74) is 1.81. The van der Waals surface area contributed by atoms with E-state index in [1.807, 2.05) is 43.9 Å². The molecule has 0 spiro atoms. The van der Waals surface area contributed by atoms with Gasteiger partial charge < -0.3 is 10.2 Å². The Labute approximate surface area is 126 Å². The highest BCUT2D eigenvalue weighted by molar-refractivity contribution is 5.96. The summed E-state index contributed by atoms with van der Waals surface area (Å²) in [6.45, 7) is 8.04. The van der Waals surface area contributed by atoms with E-state index in [9.17, 15) is 9.59 Å². The SMILES string of the molecule is CC1Cc2ccccc2N1C(=O)CCNC(=O)C(C)(C)C. The molecule has 0 fully saturated rings. The number of hydrogen-bond acceptors (Lipinski definition) is 2. The quantitative estimate of drug-likeness (QED) is 0.929. The van der Waals surface area contributed by atoms with Crippen molar-refractivity contribution in [2.24, 2.45) is 5.41 Å². The molecule has 1 atom stereocenters. The zero-order valence-corrected chi connectivity index (χ0v) is 13.3. The maximum Gasteiger partial charge on any atom is 0.229 e. The van der Waals surface area contributed by atoms with Gasteiger partial charge in [-0.3, -0.25) is 9.59 Å². The van der Waals surface area contributed by atoms with Crippen LogP contribution in [0, 0.1) is 5.41 Å². The number of nitrogens with one attached hydrogen (secondary N) is 1. The van der Waals surface area contributed by atoms with E-state index in [0.717, 1.165) is 12.1 Å². The third-order valence-electron chi connectivity index (χ3n) is 3.78. The van der Waals surface area contributed by atoms with Crippen molar-refractivity contribution in [3.8, 4) is 0 Å². The number of anilines is 1. The van der Waals surface area contributed by atoms with Gasteiger partial charge in [0.2, 0.25) is 11.8 Å². The maximum absolute atomic E-state index is 12.4. The first-order valence-corrected chi connectivity index (χ1v) is 7.49.